The highest BCUT2D eigenvalue weighted by Crippen LogP contribution is 2.56. The fourth-order valence-electron chi connectivity index (χ4n) is 8.39. The molecule has 0 aliphatic heterocycles. The van der Waals surface area contributed by atoms with Gasteiger partial charge < -0.3 is 22.6 Å². The van der Waals surface area contributed by atoms with Crippen LogP contribution in [-0.4, -0.2) is 26.4 Å². The lowest BCUT2D eigenvalue weighted by Gasteiger charge is -2.33. The molecule has 0 unspecified atom stereocenters. The molecular formula is C49H68O6P2. The molecule has 4 aromatic rings. The van der Waals surface area contributed by atoms with E-state index in [1.165, 1.54) is 116 Å². The van der Waals surface area contributed by atoms with Gasteiger partial charge in [0.1, 0.15) is 5.75 Å². The van der Waals surface area contributed by atoms with Gasteiger partial charge in [-0.3, -0.25) is 4.57 Å². The molecule has 310 valence electrons. The zero-order valence-corrected chi connectivity index (χ0v) is 37.4. The lowest BCUT2D eigenvalue weighted by molar-refractivity contribution is 0.221. The lowest BCUT2D eigenvalue weighted by Crippen LogP contribution is -2.25. The third kappa shape index (κ3) is 11.7. The molecule has 0 aromatic heterocycles. The van der Waals surface area contributed by atoms with Crippen molar-refractivity contribution in [1.29, 1.82) is 0 Å². The van der Waals surface area contributed by atoms with Crippen LogP contribution in [0.15, 0.2) is 84.9 Å². The van der Waals surface area contributed by atoms with Crippen LogP contribution in [0.4, 0.5) is 0 Å². The van der Waals surface area contributed by atoms with E-state index in [1.54, 1.807) is 0 Å². The van der Waals surface area contributed by atoms with Crippen LogP contribution in [0.3, 0.4) is 0 Å². The van der Waals surface area contributed by atoms with Crippen LogP contribution in [0.1, 0.15) is 143 Å². The summed E-state index contributed by atoms with van der Waals surface area (Å²) >= 11 is 0. The van der Waals surface area contributed by atoms with E-state index in [4.69, 9.17) is 22.6 Å². The van der Waals surface area contributed by atoms with E-state index in [-0.39, 0.29) is 5.41 Å². The van der Waals surface area contributed by atoms with Crippen molar-refractivity contribution in [3.63, 3.8) is 0 Å². The Morgan fingerprint density at radius 2 is 0.912 bits per heavy atom. The van der Waals surface area contributed by atoms with Crippen molar-refractivity contribution in [2.45, 2.75) is 137 Å². The maximum Gasteiger partial charge on any atom is 0.397 e. The summed E-state index contributed by atoms with van der Waals surface area (Å²) in [6.45, 7) is 13.9. The fraction of sp³-hybridized carbons (Fsp3) is 0.510. The minimum atomic E-state index is -3.37. The third-order valence-corrected chi connectivity index (χ3v) is 14.7. The molecule has 4 aromatic carbocycles. The van der Waals surface area contributed by atoms with E-state index in [0.29, 0.717) is 31.7 Å². The van der Waals surface area contributed by atoms with Gasteiger partial charge >= 0.3 is 16.2 Å². The van der Waals surface area contributed by atoms with Gasteiger partial charge in [0.2, 0.25) is 0 Å². The molecule has 0 fully saturated rings. The van der Waals surface area contributed by atoms with Crippen LogP contribution in [0.25, 0.3) is 33.4 Å². The largest absolute Gasteiger partial charge is 0.427 e. The van der Waals surface area contributed by atoms with Gasteiger partial charge in [0.25, 0.3) is 0 Å². The van der Waals surface area contributed by atoms with Gasteiger partial charge in [-0.15, -0.1) is 0 Å². The van der Waals surface area contributed by atoms with Crippen LogP contribution in [0.5, 0.6) is 5.75 Å². The molecule has 1 aliphatic rings. The summed E-state index contributed by atoms with van der Waals surface area (Å²) in [7, 11) is -4.79. The van der Waals surface area contributed by atoms with Crippen LogP contribution >= 0.6 is 16.2 Å². The van der Waals surface area contributed by atoms with Gasteiger partial charge in [-0.1, -0.05) is 139 Å². The molecule has 6 nitrogen and oxygen atoms in total. The first kappa shape index (κ1) is 45.3. The Balaban J connectivity index is 1.54. The molecule has 1 aliphatic carbocycles. The molecule has 0 saturated heterocycles. The van der Waals surface area contributed by atoms with E-state index in [9.17, 15) is 4.57 Å². The van der Waals surface area contributed by atoms with Crippen LogP contribution in [0, 0.1) is 0 Å². The van der Waals surface area contributed by atoms with E-state index < -0.39 is 16.2 Å². The molecule has 5 rings (SSSR count). The maximum atomic E-state index is 13.6. The molecule has 0 atom stereocenters. The summed E-state index contributed by atoms with van der Waals surface area (Å²) < 4.78 is 42.4. The molecule has 8 heteroatoms. The van der Waals surface area contributed by atoms with E-state index in [1.807, 2.05) is 52.0 Å². The van der Waals surface area contributed by atoms with Gasteiger partial charge in [0.05, 0.1) is 31.7 Å². The maximum absolute atomic E-state index is 13.6. The van der Waals surface area contributed by atoms with Gasteiger partial charge in [-0.2, -0.15) is 0 Å². The Kier molecular flexibility index (Phi) is 18.3. The first-order chi connectivity index (χ1) is 27.9. The molecule has 0 amide bonds. The molecule has 0 radical (unpaired) electrons. The average molecular weight is 815 g/mol. The SMILES string of the molecule is CCCCCCCCC1(CCCCCCCC)c2cc(-c3ccc(OP(OCC)OCC)cc3)ccc2-c2ccc(-c3ccc(P(=O)(OCC)OCC)cc3)cc21. The zero-order valence-electron chi connectivity index (χ0n) is 35.7. The Hall–Kier alpha value is -2.82. The number of unbranched alkanes of at least 4 members (excludes halogenated alkanes) is 10. The molecule has 57 heavy (non-hydrogen) atoms. The third-order valence-electron chi connectivity index (χ3n) is 11.2. The topological polar surface area (TPSA) is 63.2 Å². The molecule has 0 N–H and O–H groups in total. The minimum absolute atomic E-state index is 0.0837. The molecule has 0 heterocycles. The molecule has 0 spiro atoms. The number of fused-ring (bicyclic) bond motifs is 3. The second-order valence-corrected chi connectivity index (χ2v) is 18.4. The van der Waals surface area contributed by atoms with Crippen molar-refractivity contribution in [1.82, 2.24) is 0 Å². The Labute approximate surface area is 346 Å². The van der Waals surface area contributed by atoms with Crippen molar-refractivity contribution in [2.24, 2.45) is 0 Å². The van der Waals surface area contributed by atoms with Gasteiger partial charge in [0, 0.05) is 5.41 Å². The normalized spacial score (nSPS) is 13.2. The predicted molar refractivity (Wildman–Crippen MR) is 241 cm³/mol. The molecular weight excluding hydrogens is 746 g/mol. The van der Waals surface area contributed by atoms with E-state index in [2.05, 4.69) is 74.5 Å². The smallest absolute Gasteiger partial charge is 0.397 e. The highest BCUT2D eigenvalue weighted by atomic mass is 31.2. The number of hydrogen-bond donors (Lipinski definition) is 0. The standard InChI is InChI=1S/C49H68O6P2/c1-7-13-15-17-19-21-35-49(36-22-20-18-16-14-8-2)47-37-41(39-23-29-43(30-24-39)55-56(51-9-3)52-10-4)27-33-45(47)46-34-28-42(38-48(46)49)40-25-31-44(32-26-40)57(50,53-11-5)54-12-6/h23-34,37-38H,7-22,35-36H2,1-6H3. The lowest BCUT2D eigenvalue weighted by atomic mass is 9.70. The van der Waals surface area contributed by atoms with Crippen molar-refractivity contribution in [3.05, 3.63) is 96.1 Å². The van der Waals surface area contributed by atoms with Crippen molar-refractivity contribution in [3.8, 4) is 39.1 Å². The summed E-state index contributed by atoms with van der Waals surface area (Å²) in [5, 5.41) is 0.598. The summed E-state index contributed by atoms with van der Waals surface area (Å²) in [6.07, 6.45) is 17.6. The minimum Gasteiger partial charge on any atom is -0.427 e. The van der Waals surface area contributed by atoms with E-state index >= 15 is 0 Å². The molecule has 0 saturated carbocycles. The Morgan fingerprint density at radius 3 is 1.35 bits per heavy atom. The van der Waals surface area contributed by atoms with Crippen molar-refractivity contribution >= 4 is 21.5 Å². The van der Waals surface area contributed by atoms with Crippen LogP contribution < -0.4 is 9.83 Å². The highest BCUT2D eigenvalue weighted by Gasteiger charge is 2.42. The highest BCUT2D eigenvalue weighted by molar-refractivity contribution is 7.62. The summed E-state index contributed by atoms with van der Waals surface area (Å²) in [5.74, 6) is 0.750. The predicted octanol–water partition coefficient (Wildman–Crippen LogP) is 15.4. The van der Waals surface area contributed by atoms with Crippen LogP contribution in [0.2, 0.25) is 0 Å². The van der Waals surface area contributed by atoms with Gasteiger partial charge in [-0.25, -0.2) is 0 Å². The van der Waals surface area contributed by atoms with Gasteiger partial charge in [-0.05, 0) is 121 Å². The van der Waals surface area contributed by atoms with E-state index in [0.717, 1.165) is 24.2 Å². The average Bonchev–Trinajstić information content (AvgIpc) is 3.49. The van der Waals surface area contributed by atoms with Crippen molar-refractivity contribution < 1.29 is 27.2 Å². The summed E-state index contributed by atoms with van der Waals surface area (Å²) in [4.78, 5) is 0. The second kappa shape index (κ2) is 23.1. The van der Waals surface area contributed by atoms with Crippen molar-refractivity contribution in [2.75, 3.05) is 26.4 Å². The Bertz CT molecular complexity index is 1810. The zero-order chi connectivity index (χ0) is 40.5. The number of hydrogen-bond acceptors (Lipinski definition) is 6. The molecule has 0 bridgehead atoms. The first-order valence-corrected chi connectivity index (χ1v) is 24.6. The monoisotopic (exact) mass is 814 g/mol. The second-order valence-electron chi connectivity index (χ2n) is 15.2. The Morgan fingerprint density at radius 1 is 0.491 bits per heavy atom. The quantitative estimate of drug-likeness (QED) is 0.0441. The van der Waals surface area contributed by atoms with Crippen LogP contribution in [-0.2, 0) is 28.1 Å². The summed E-state index contributed by atoms with van der Waals surface area (Å²) in [5.41, 5.74) is 10.2. The first-order valence-electron chi connectivity index (χ1n) is 22.0. The summed E-state index contributed by atoms with van der Waals surface area (Å²) in [6, 6.07) is 30.6. The van der Waals surface area contributed by atoms with Gasteiger partial charge in [0.15, 0.2) is 0 Å². The number of rotatable bonds is 27. The number of benzene rings is 4. The fourth-order valence-corrected chi connectivity index (χ4v) is 10.9.